The second kappa shape index (κ2) is 14.4. The molecule has 0 aromatic heterocycles. The molecule has 0 saturated heterocycles. The number of rotatable bonds is 16. The molecule has 1 atom stereocenters. The van der Waals surface area contributed by atoms with Gasteiger partial charge in [-0.1, -0.05) is 46.0 Å². The first-order chi connectivity index (χ1) is 14.2. The van der Waals surface area contributed by atoms with E-state index in [1.165, 1.54) is 19.3 Å². The van der Waals surface area contributed by atoms with E-state index in [2.05, 4.69) is 46.2 Å². The van der Waals surface area contributed by atoms with Gasteiger partial charge in [0, 0.05) is 12.2 Å². The van der Waals surface area contributed by atoms with Crippen LogP contribution in [0, 0.1) is 0 Å². The highest BCUT2D eigenvalue weighted by atomic mass is 28.5. The van der Waals surface area contributed by atoms with Gasteiger partial charge in [-0.25, -0.2) is 9.59 Å². The van der Waals surface area contributed by atoms with Gasteiger partial charge in [-0.15, -0.1) is 0 Å². The van der Waals surface area contributed by atoms with Gasteiger partial charge in [0.05, 0.1) is 6.61 Å². The van der Waals surface area contributed by atoms with Crippen LogP contribution in [0.4, 0.5) is 0 Å². The summed E-state index contributed by atoms with van der Waals surface area (Å²) >= 11 is 0. The molecule has 31 heavy (non-hydrogen) atoms. The summed E-state index contributed by atoms with van der Waals surface area (Å²) in [6.45, 7) is 19.2. The molecule has 0 aliphatic heterocycles. The number of unbranched alkanes of at least 4 members (excludes halogenated alkanes) is 5. The van der Waals surface area contributed by atoms with Gasteiger partial charge in [0.2, 0.25) is 0 Å². The molecular formula is C22H46O6Si3. The van der Waals surface area contributed by atoms with Crippen molar-refractivity contribution >= 4 is 37.1 Å². The van der Waals surface area contributed by atoms with Gasteiger partial charge in [0.15, 0.2) is 16.6 Å². The first kappa shape index (κ1) is 30.3. The molecule has 0 fully saturated rings. The Kier molecular flexibility index (Phi) is 14.1. The minimum atomic E-state index is -2.78. The maximum Gasteiger partial charge on any atom is 0.356 e. The third kappa shape index (κ3) is 15.7. The van der Waals surface area contributed by atoms with Crippen LogP contribution in [-0.2, 0) is 27.3 Å². The van der Waals surface area contributed by atoms with Crippen molar-refractivity contribution < 1.29 is 27.3 Å². The lowest BCUT2D eigenvalue weighted by Gasteiger charge is -2.42. The highest BCUT2D eigenvalue weighted by molar-refractivity contribution is 6.88. The molecule has 0 aliphatic carbocycles. The number of ether oxygens (including phenoxy) is 2. The Balaban J connectivity index is 4.78. The van der Waals surface area contributed by atoms with Gasteiger partial charge in [0.25, 0.3) is 0 Å². The summed E-state index contributed by atoms with van der Waals surface area (Å²) in [6.07, 6.45) is 9.62. The van der Waals surface area contributed by atoms with Crippen LogP contribution >= 0.6 is 0 Å². The summed E-state index contributed by atoms with van der Waals surface area (Å²) in [4.78, 5) is 24.3. The topological polar surface area (TPSA) is 71.1 Å². The lowest BCUT2D eigenvalue weighted by molar-refractivity contribution is -0.142. The molecule has 6 nitrogen and oxygen atoms in total. The number of carbonyl (C=O) groups excluding carboxylic acids is 2. The van der Waals surface area contributed by atoms with Crippen molar-refractivity contribution in [3.63, 3.8) is 0 Å². The Labute approximate surface area is 193 Å². The van der Waals surface area contributed by atoms with E-state index in [4.69, 9.17) is 17.7 Å². The second-order valence-corrected chi connectivity index (χ2v) is 22.8. The number of hydrogen-bond acceptors (Lipinski definition) is 6. The van der Waals surface area contributed by atoms with Crippen LogP contribution in [0.2, 0.25) is 45.8 Å². The van der Waals surface area contributed by atoms with Crippen LogP contribution in [-0.4, -0.2) is 49.5 Å². The van der Waals surface area contributed by atoms with Crippen LogP contribution in [0.5, 0.6) is 0 Å². The standard InChI is InChI=1S/C22H46O6Si3/c1-10-12-13-14-15-16-19-25-20(23)17-18-21(24)26-22(11-2)31(9,27-29(3,4)5)28-30(6,7)8/h17-18,22H,10-16,19H2,1-9H3/b18-17+. The highest BCUT2D eigenvalue weighted by Crippen LogP contribution is 2.27. The summed E-state index contributed by atoms with van der Waals surface area (Å²) in [5.41, 5.74) is -0.442. The first-order valence-electron chi connectivity index (χ1n) is 11.7. The summed E-state index contributed by atoms with van der Waals surface area (Å²) in [6, 6.07) is 0. The SMILES string of the molecule is CCCCCCCCOC(=O)/C=C/C(=O)OC(CC)[Si](C)(O[Si](C)(C)C)O[Si](C)(C)C. The highest BCUT2D eigenvalue weighted by Gasteiger charge is 2.48. The van der Waals surface area contributed by atoms with Gasteiger partial charge < -0.3 is 17.7 Å². The molecule has 0 N–H and O–H groups in total. The third-order valence-corrected chi connectivity index (χ3v) is 14.2. The lowest BCUT2D eigenvalue weighted by Crippen LogP contribution is -2.60. The van der Waals surface area contributed by atoms with Gasteiger partial charge in [0.1, 0.15) is 5.73 Å². The summed E-state index contributed by atoms with van der Waals surface area (Å²) < 4.78 is 23.8. The summed E-state index contributed by atoms with van der Waals surface area (Å²) in [5.74, 6) is -1.09. The largest absolute Gasteiger partial charge is 0.463 e. The molecular weight excluding hydrogens is 444 g/mol. The van der Waals surface area contributed by atoms with E-state index in [0.717, 1.165) is 31.4 Å². The zero-order valence-electron chi connectivity index (χ0n) is 21.3. The van der Waals surface area contributed by atoms with Crippen LogP contribution in [0.3, 0.4) is 0 Å². The van der Waals surface area contributed by atoms with Crippen molar-refractivity contribution in [1.82, 2.24) is 0 Å². The second-order valence-electron chi connectivity index (χ2n) is 10.0. The van der Waals surface area contributed by atoms with E-state index in [1.54, 1.807) is 0 Å². The minimum absolute atomic E-state index is 0.376. The van der Waals surface area contributed by atoms with Crippen LogP contribution in [0.25, 0.3) is 0 Å². The molecule has 182 valence electrons. The Morgan fingerprint density at radius 2 is 1.23 bits per heavy atom. The molecule has 1 unspecified atom stereocenters. The van der Waals surface area contributed by atoms with Gasteiger partial charge in [-0.3, -0.25) is 0 Å². The predicted octanol–water partition coefficient (Wildman–Crippen LogP) is 6.08. The van der Waals surface area contributed by atoms with E-state index < -0.39 is 42.9 Å². The fourth-order valence-electron chi connectivity index (χ4n) is 3.35. The van der Waals surface area contributed by atoms with Crippen molar-refractivity contribution in [2.24, 2.45) is 0 Å². The van der Waals surface area contributed by atoms with Gasteiger partial charge in [-0.05, 0) is 58.7 Å². The maximum atomic E-state index is 12.4. The third-order valence-electron chi connectivity index (χ3n) is 4.33. The van der Waals surface area contributed by atoms with E-state index in [9.17, 15) is 9.59 Å². The quantitative estimate of drug-likeness (QED) is 0.113. The molecule has 0 saturated carbocycles. The van der Waals surface area contributed by atoms with Crippen LogP contribution in [0.1, 0.15) is 58.8 Å². The van der Waals surface area contributed by atoms with Crippen LogP contribution in [0.15, 0.2) is 12.2 Å². The predicted molar refractivity (Wildman–Crippen MR) is 134 cm³/mol. The molecule has 0 aromatic carbocycles. The number of carbonyl (C=O) groups is 2. The van der Waals surface area contributed by atoms with Crippen molar-refractivity contribution in [3.05, 3.63) is 12.2 Å². The lowest BCUT2D eigenvalue weighted by atomic mass is 10.1. The molecule has 0 aliphatic rings. The van der Waals surface area contributed by atoms with Crippen molar-refractivity contribution in [1.29, 1.82) is 0 Å². The van der Waals surface area contributed by atoms with E-state index in [1.807, 2.05) is 13.5 Å². The molecule has 0 heterocycles. The molecule has 0 spiro atoms. The zero-order valence-corrected chi connectivity index (χ0v) is 24.3. The first-order valence-corrected chi connectivity index (χ1v) is 20.9. The Morgan fingerprint density at radius 1 is 0.742 bits per heavy atom. The number of hydrogen-bond donors (Lipinski definition) is 0. The fraction of sp³-hybridized carbons (Fsp3) is 0.818. The van der Waals surface area contributed by atoms with Crippen molar-refractivity contribution in [2.45, 2.75) is 110 Å². The monoisotopic (exact) mass is 490 g/mol. The molecule has 0 aromatic rings. The smallest absolute Gasteiger partial charge is 0.356 e. The van der Waals surface area contributed by atoms with E-state index in [-0.39, 0.29) is 0 Å². The molecule has 0 bridgehead atoms. The van der Waals surface area contributed by atoms with E-state index >= 15 is 0 Å². The molecule has 0 radical (unpaired) electrons. The maximum absolute atomic E-state index is 12.4. The molecule has 0 amide bonds. The number of esters is 2. The average molecular weight is 491 g/mol. The Hall–Kier alpha value is -0.749. The van der Waals surface area contributed by atoms with E-state index in [0.29, 0.717) is 13.0 Å². The normalized spacial score (nSPS) is 14.0. The van der Waals surface area contributed by atoms with Gasteiger partial charge in [-0.2, -0.15) is 0 Å². The fourth-order valence-corrected chi connectivity index (χ4v) is 15.7. The Bertz CT molecular complexity index is 551. The average Bonchev–Trinajstić information content (AvgIpc) is 2.60. The van der Waals surface area contributed by atoms with Crippen LogP contribution < -0.4 is 0 Å². The Morgan fingerprint density at radius 3 is 1.71 bits per heavy atom. The summed E-state index contributed by atoms with van der Waals surface area (Å²) in [7, 11) is -6.60. The summed E-state index contributed by atoms with van der Waals surface area (Å²) in [5, 5.41) is 0. The van der Waals surface area contributed by atoms with Crippen molar-refractivity contribution in [2.75, 3.05) is 6.61 Å². The zero-order chi connectivity index (χ0) is 24.1. The molecule has 9 heteroatoms. The van der Waals surface area contributed by atoms with Gasteiger partial charge >= 0.3 is 20.5 Å². The molecule has 0 rings (SSSR count). The van der Waals surface area contributed by atoms with Crippen molar-refractivity contribution in [3.8, 4) is 0 Å². The minimum Gasteiger partial charge on any atom is -0.463 e.